The highest BCUT2D eigenvalue weighted by molar-refractivity contribution is 6.31. The van der Waals surface area contributed by atoms with Crippen LogP contribution in [0.15, 0.2) is 54.2 Å². The molecule has 0 radical (unpaired) electrons. The van der Waals surface area contributed by atoms with Gasteiger partial charge in [-0.15, -0.1) is 0 Å². The fraction of sp³-hybridized carbons (Fsp3) is 0.304. The minimum Gasteiger partial charge on any atom is -0.505 e. The van der Waals surface area contributed by atoms with Gasteiger partial charge in [0.1, 0.15) is 22.9 Å². The zero-order valence-corrected chi connectivity index (χ0v) is 18.5. The standard InChI is InChI=1S/C23H27ClN2O4/c1-14(25)21(22(28)17-10-12-18(13-11-17)29-16(3)27)26-23(4,5)30-15(2)19-8-6-7-9-20(19)24/h6-13,15,25-26,28H,1-5H3/b22-21+,25-14?. The predicted molar refractivity (Wildman–Crippen MR) is 119 cm³/mol. The van der Waals surface area contributed by atoms with Crippen molar-refractivity contribution < 1.29 is 19.4 Å². The van der Waals surface area contributed by atoms with Gasteiger partial charge in [-0.2, -0.15) is 0 Å². The molecule has 0 aliphatic rings. The van der Waals surface area contributed by atoms with E-state index in [1.165, 1.54) is 6.92 Å². The Hall–Kier alpha value is -2.83. The van der Waals surface area contributed by atoms with Crippen molar-refractivity contribution in [1.29, 1.82) is 5.41 Å². The van der Waals surface area contributed by atoms with Crippen molar-refractivity contribution >= 4 is 29.0 Å². The number of halogens is 1. The maximum atomic E-state index is 11.1. The zero-order chi connectivity index (χ0) is 22.5. The van der Waals surface area contributed by atoms with Gasteiger partial charge in [-0.05, 0) is 63.6 Å². The number of nitrogens with one attached hydrogen (secondary N) is 2. The molecule has 2 aromatic carbocycles. The lowest BCUT2D eigenvalue weighted by Gasteiger charge is -2.33. The molecule has 0 fully saturated rings. The SMILES string of the molecule is CC(=N)/C(NC(C)(C)OC(C)c1ccccc1Cl)=C(\O)c1ccc(OC(C)=O)cc1. The lowest BCUT2D eigenvalue weighted by Crippen LogP contribution is -2.43. The van der Waals surface area contributed by atoms with Gasteiger partial charge < -0.3 is 25.3 Å². The summed E-state index contributed by atoms with van der Waals surface area (Å²) in [6.07, 6.45) is -0.321. The molecule has 0 saturated heterocycles. The molecule has 2 aromatic rings. The number of aliphatic hydroxyl groups excluding tert-OH is 1. The zero-order valence-electron chi connectivity index (χ0n) is 17.7. The van der Waals surface area contributed by atoms with Crippen LogP contribution in [-0.2, 0) is 9.53 Å². The number of rotatable bonds is 8. The van der Waals surface area contributed by atoms with E-state index in [2.05, 4.69) is 5.32 Å². The van der Waals surface area contributed by atoms with Crippen LogP contribution in [0.2, 0.25) is 5.02 Å². The Balaban J connectivity index is 2.25. The van der Waals surface area contributed by atoms with Gasteiger partial charge in [-0.25, -0.2) is 0 Å². The molecule has 30 heavy (non-hydrogen) atoms. The Morgan fingerprint density at radius 3 is 2.27 bits per heavy atom. The summed E-state index contributed by atoms with van der Waals surface area (Å²) in [5, 5.41) is 22.6. The second-order valence-electron chi connectivity index (χ2n) is 7.38. The van der Waals surface area contributed by atoms with Gasteiger partial charge in [0, 0.05) is 17.5 Å². The van der Waals surface area contributed by atoms with Crippen molar-refractivity contribution in [2.45, 2.75) is 46.4 Å². The monoisotopic (exact) mass is 430 g/mol. The molecule has 0 saturated carbocycles. The Labute approximate surface area is 182 Å². The third kappa shape index (κ3) is 6.34. The van der Waals surface area contributed by atoms with E-state index in [1.54, 1.807) is 51.1 Å². The first-order valence-electron chi connectivity index (χ1n) is 9.48. The Morgan fingerprint density at radius 2 is 1.73 bits per heavy atom. The van der Waals surface area contributed by atoms with E-state index < -0.39 is 11.7 Å². The average Bonchev–Trinajstić information content (AvgIpc) is 2.65. The number of allylic oxidation sites excluding steroid dienone is 1. The molecule has 0 aromatic heterocycles. The van der Waals surface area contributed by atoms with Crippen LogP contribution in [0.5, 0.6) is 5.75 Å². The van der Waals surface area contributed by atoms with E-state index in [0.29, 0.717) is 16.3 Å². The highest BCUT2D eigenvalue weighted by Crippen LogP contribution is 2.29. The van der Waals surface area contributed by atoms with Crippen LogP contribution in [0.25, 0.3) is 5.76 Å². The van der Waals surface area contributed by atoms with Gasteiger partial charge in [0.15, 0.2) is 0 Å². The molecule has 0 heterocycles. The first-order valence-corrected chi connectivity index (χ1v) is 9.86. The molecular weight excluding hydrogens is 404 g/mol. The summed E-state index contributed by atoms with van der Waals surface area (Å²) in [5.41, 5.74) is 0.763. The van der Waals surface area contributed by atoms with Crippen molar-refractivity contribution in [3.63, 3.8) is 0 Å². The van der Waals surface area contributed by atoms with Crippen molar-refractivity contribution in [3.8, 4) is 5.75 Å². The molecule has 0 amide bonds. The summed E-state index contributed by atoms with van der Waals surface area (Å²) in [5.74, 6) is -0.164. The molecule has 0 bridgehead atoms. The molecule has 0 aliphatic carbocycles. The van der Waals surface area contributed by atoms with Crippen LogP contribution < -0.4 is 10.1 Å². The van der Waals surface area contributed by atoms with Crippen LogP contribution in [0.4, 0.5) is 0 Å². The topological polar surface area (TPSA) is 91.6 Å². The van der Waals surface area contributed by atoms with Gasteiger partial charge >= 0.3 is 5.97 Å². The fourth-order valence-corrected chi connectivity index (χ4v) is 3.25. The number of carbonyl (C=O) groups is 1. The summed E-state index contributed by atoms with van der Waals surface area (Å²) < 4.78 is 11.1. The molecule has 2 rings (SSSR count). The number of aliphatic hydroxyl groups is 1. The van der Waals surface area contributed by atoms with Gasteiger partial charge in [-0.1, -0.05) is 29.8 Å². The van der Waals surface area contributed by atoms with Crippen LogP contribution in [0, 0.1) is 5.41 Å². The maximum absolute atomic E-state index is 11.1. The molecule has 160 valence electrons. The number of benzene rings is 2. The molecular formula is C23H27ClN2O4. The van der Waals surface area contributed by atoms with Crippen LogP contribution in [0.3, 0.4) is 0 Å². The fourth-order valence-electron chi connectivity index (χ4n) is 2.96. The van der Waals surface area contributed by atoms with Gasteiger partial charge in [0.2, 0.25) is 0 Å². The first kappa shape index (κ1) is 23.4. The second kappa shape index (κ2) is 9.78. The molecule has 7 heteroatoms. The Morgan fingerprint density at radius 1 is 1.13 bits per heavy atom. The van der Waals surface area contributed by atoms with Crippen molar-refractivity contribution in [3.05, 3.63) is 70.4 Å². The summed E-state index contributed by atoms with van der Waals surface area (Å²) in [7, 11) is 0. The lowest BCUT2D eigenvalue weighted by molar-refractivity contribution is -0.131. The number of hydrogen-bond acceptors (Lipinski definition) is 6. The molecule has 1 unspecified atom stereocenters. The summed E-state index contributed by atoms with van der Waals surface area (Å²) in [6.45, 7) is 8.39. The molecule has 3 N–H and O–H groups in total. The number of carbonyl (C=O) groups excluding carboxylic acids is 1. The first-order chi connectivity index (χ1) is 14.0. The third-order valence-corrected chi connectivity index (χ3v) is 4.59. The van der Waals surface area contributed by atoms with Crippen molar-refractivity contribution in [2.24, 2.45) is 0 Å². The van der Waals surface area contributed by atoms with Crippen LogP contribution >= 0.6 is 11.6 Å². The smallest absolute Gasteiger partial charge is 0.308 e. The van der Waals surface area contributed by atoms with E-state index >= 15 is 0 Å². The molecule has 0 spiro atoms. The summed E-state index contributed by atoms with van der Waals surface area (Å²) in [6, 6.07) is 13.8. The highest BCUT2D eigenvalue weighted by atomic mass is 35.5. The predicted octanol–water partition coefficient (Wildman–Crippen LogP) is 5.64. The van der Waals surface area contributed by atoms with E-state index in [1.807, 2.05) is 25.1 Å². The molecule has 0 aliphatic heterocycles. The number of esters is 1. The quantitative estimate of drug-likeness (QED) is 0.166. The van der Waals surface area contributed by atoms with Gasteiger partial charge in [-0.3, -0.25) is 4.79 Å². The lowest BCUT2D eigenvalue weighted by atomic mass is 10.1. The maximum Gasteiger partial charge on any atom is 0.308 e. The largest absolute Gasteiger partial charge is 0.505 e. The third-order valence-electron chi connectivity index (χ3n) is 4.24. The van der Waals surface area contributed by atoms with Crippen molar-refractivity contribution in [1.82, 2.24) is 5.32 Å². The number of hydrogen-bond donors (Lipinski definition) is 3. The van der Waals surface area contributed by atoms with E-state index in [-0.39, 0.29) is 23.3 Å². The minimum absolute atomic E-state index is 0.112. The number of ether oxygens (including phenoxy) is 2. The Kier molecular flexibility index (Phi) is 7.65. The molecule has 6 nitrogen and oxygen atoms in total. The van der Waals surface area contributed by atoms with Crippen LogP contribution in [0.1, 0.15) is 51.8 Å². The molecule has 1 atom stereocenters. The van der Waals surface area contributed by atoms with E-state index in [9.17, 15) is 9.90 Å². The average molecular weight is 431 g/mol. The summed E-state index contributed by atoms with van der Waals surface area (Å²) >= 11 is 6.26. The normalized spacial score (nSPS) is 13.3. The van der Waals surface area contributed by atoms with Crippen LogP contribution in [-0.4, -0.2) is 22.5 Å². The van der Waals surface area contributed by atoms with Crippen molar-refractivity contribution in [2.75, 3.05) is 0 Å². The highest BCUT2D eigenvalue weighted by Gasteiger charge is 2.26. The van der Waals surface area contributed by atoms with E-state index in [0.717, 1.165) is 5.56 Å². The van der Waals surface area contributed by atoms with Gasteiger partial charge in [0.05, 0.1) is 11.8 Å². The minimum atomic E-state index is -0.915. The Bertz CT molecular complexity index is 952. The second-order valence-corrected chi connectivity index (χ2v) is 7.79. The van der Waals surface area contributed by atoms with E-state index in [4.69, 9.17) is 26.5 Å². The van der Waals surface area contributed by atoms with Gasteiger partial charge in [0.25, 0.3) is 0 Å². The summed E-state index contributed by atoms with van der Waals surface area (Å²) in [4.78, 5) is 11.1.